The molecule has 0 unspecified atom stereocenters. The van der Waals surface area contributed by atoms with Gasteiger partial charge in [-0.2, -0.15) is 28.1 Å². The van der Waals surface area contributed by atoms with Gasteiger partial charge in [-0.3, -0.25) is 4.79 Å². The molecule has 2 heterocycles. The van der Waals surface area contributed by atoms with Crippen molar-refractivity contribution >= 4 is 23.5 Å². The van der Waals surface area contributed by atoms with Gasteiger partial charge in [0.05, 0.1) is 5.56 Å². The van der Waals surface area contributed by atoms with Gasteiger partial charge >= 0.3 is 6.18 Å². The van der Waals surface area contributed by atoms with E-state index in [4.69, 9.17) is 5.73 Å². The molecule has 0 atom stereocenters. The Labute approximate surface area is 211 Å². The molecule has 1 aromatic heterocycles. The Bertz CT molecular complexity index is 1440. The van der Waals surface area contributed by atoms with Crippen molar-refractivity contribution in [1.82, 2.24) is 20.3 Å². The number of anilines is 3. The second kappa shape index (κ2) is 9.88. The lowest BCUT2D eigenvalue weighted by molar-refractivity contribution is -0.138. The molecule has 0 bridgehead atoms. The molecule has 0 radical (unpaired) electrons. The van der Waals surface area contributed by atoms with Crippen molar-refractivity contribution in [3.63, 3.8) is 0 Å². The second-order valence-corrected chi connectivity index (χ2v) is 8.62. The molecule has 4 aromatic rings. The highest BCUT2D eigenvalue weighted by Crippen LogP contribution is 2.34. The third-order valence-corrected chi connectivity index (χ3v) is 6.14. The number of benzene rings is 3. The predicted molar refractivity (Wildman–Crippen MR) is 134 cm³/mol. The molecule has 10 heteroatoms. The largest absolute Gasteiger partial charge is 0.416 e. The number of fused-ring (bicyclic) bond motifs is 1. The van der Waals surface area contributed by atoms with Crippen LogP contribution in [0.3, 0.4) is 0 Å². The zero-order valence-corrected chi connectivity index (χ0v) is 19.7. The number of carbonyl (C=O) groups excluding carboxylic acids is 1. The van der Waals surface area contributed by atoms with E-state index in [9.17, 15) is 18.0 Å². The van der Waals surface area contributed by atoms with E-state index < -0.39 is 17.6 Å². The zero-order chi connectivity index (χ0) is 26.0. The number of nitrogens with one attached hydrogen (secondary N) is 1. The Morgan fingerprint density at radius 2 is 1.73 bits per heavy atom. The maximum Gasteiger partial charge on any atom is 0.416 e. The van der Waals surface area contributed by atoms with E-state index in [-0.39, 0.29) is 18.1 Å². The smallest absolute Gasteiger partial charge is 0.368 e. The van der Waals surface area contributed by atoms with E-state index >= 15 is 0 Å². The number of hydrogen-bond acceptors (Lipinski definition) is 6. The summed E-state index contributed by atoms with van der Waals surface area (Å²) in [5.41, 5.74) is 8.18. The van der Waals surface area contributed by atoms with E-state index in [2.05, 4.69) is 20.3 Å². The molecule has 0 saturated carbocycles. The van der Waals surface area contributed by atoms with Crippen LogP contribution in [-0.4, -0.2) is 27.4 Å². The van der Waals surface area contributed by atoms with Crippen LogP contribution >= 0.6 is 0 Å². The number of nitrogen functional groups attached to an aromatic ring is 1. The first-order valence-electron chi connectivity index (χ1n) is 11.7. The van der Waals surface area contributed by atoms with Crippen LogP contribution < -0.4 is 16.0 Å². The van der Waals surface area contributed by atoms with Gasteiger partial charge in [-0.15, -0.1) is 0 Å². The van der Waals surface area contributed by atoms with Crippen LogP contribution in [-0.2, 0) is 19.1 Å². The molecule has 0 aliphatic carbocycles. The number of aryl methyl sites for hydroxylation is 1. The van der Waals surface area contributed by atoms with Gasteiger partial charge in [0.25, 0.3) is 5.91 Å². The van der Waals surface area contributed by atoms with Crippen molar-refractivity contribution in [3.8, 4) is 11.4 Å². The SMILES string of the molecule is Nc1nc(-c2ccccc2)nc(N2CCCc3cc(C(=O)NCc4ccccc4C(F)(F)F)ccc32)n1. The molecule has 3 N–H and O–H groups in total. The third-order valence-electron chi connectivity index (χ3n) is 6.14. The minimum Gasteiger partial charge on any atom is -0.368 e. The van der Waals surface area contributed by atoms with Gasteiger partial charge in [-0.1, -0.05) is 48.5 Å². The molecule has 188 valence electrons. The summed E-state index contributed by atoms with van der Waals surface area (Å²) in [5, 5.41) is 2.61. The Kier molecular flexibility index (Phi) is 6.47. The second-order valence-electron chi connectivity index (χ2n) is 8.62. The number of aromatic nitrogens is 3. The molecular formula is C27H23F3N6O. The Morgan fingerprint density at radius 3 is 2.51 bits per heavy atom. The fourth-order valence-corrected chi connectivity index (χ4v) is 4.39. The third kappa shape index (κ3) is 5.23. The molecule has 37 heavy (non-hydrogen) atoms. The standard InChI is InChI=1S/C27H23F3N6O/c28-27(29,30)21-11-5-4-9-20(21)16-32-24(37)19-12-13-22-18(15-19)10-6-14-36(22)26-34-23(33-25(31)35-26)17-7-2-1-3-8-17/h1-5,7-9,11-13,15H,6,10,14,16H2,(H,32,37)(H2,31,33,34,35). The zero-order valence-electron chi connectivity index (χ0n) is 19.7. The average Bonchev–Trinajstić information content (AvgIpc) is 2.91. The molecule has 0 fully saturated rings. The maximum atomic E-state index is 13.3. The molecule has 5 rings (SSSR count). The van der Waals surface area contributed by atoms with Gasteiger partial charge in [-0.25, -0.2) is 0 Å². The molecule has 3 aromatic carbocycles. The number of rotatable bonds is 5. The highest BCUT2D eigenvalue weighted by Gasteiger charge is 2.33. The number of nitrogens with zero attached hydrogens (tertiary/aromatic N) is 4. The van der Waals surface area contributed by atoms with Crippen molar-refractivity contribution in [1.29, 1.82) is 0 Å². The van der Waals surface area contributed by atoms with Crippen molar-refractivity contribution < 1.29 is 18.0 Å². The molecule has 1 aliphatic heterocycles. The number of amides is 1. The summed E-state index contributed by atoms with van der Waals surface area (Å²) in [4.78, 5) is 28.0. The number of alkyl halides is 3. The van der Waals surface area contributed by atoms with Crippen molar-refractivity contribution in [3.05, 3.63) is 95.1 Å². The van der Waals surface area contributed by atoms with Crippen LogP contribution in [0, 0.1) is 0 Å². The first-order valence-corrected chi connectivity index (χ1v) is 11.7. The van der Waals surface area contributed by atoms with E-state index in [1.54, 1.807) is 18.2 Å². The molecule has 1 amide bonds. The molecule has 0 saturated heterocycles. The van der Waals surface area contributed by atoms with Crippen LogP contribution in [0.25, 0.3) is 11.4 Å². The monoisotopic (exact) mass is 504 g/mol. The molecule has 0 spiro atoms. The summed E-state index contributed by atoms with van der Waals surface area (Å²) in [7, 11) is 0. The minimum absolute atomic E-state index is 0.00845. The van der Waals surface area contributed by atoms with Gasteiger partial charge in [0.1, 0.15) is 0 Å². The Morgan fingerprint density at radius 1 is 0.973 bits per heavy atom. The fourth-order valence-electron chi connectivity index (χ4n) is 4.39. The van der Waals surface area contributed by atoms with E-state index in [0.717, 1.165) is 35.7 Å². The van der Waals surface area contributed by atoms with Gasteiger partial charge in [-0.05, 0) is 48.2 Å². The van der Waals surface area contributed by atoms with Crippen LogP contribution in [0.2, 0.25) is 0 Å². The molecule has 7 nitrogen and oxygen atoms in total. The van der Waals surface area contributed by atoms with Gasteiger partial charge in [0.15, 0.2) is 5.82 Å². The summed E-state index contributed by atoms with van der Waals surface area (Å²) >= 11 is 0. The van der Waals surface area contributed by atoms with Crippen LogP contribution in [0.15, 0.2) is 72.8 Å². The quantitative estimate of drug-likeness (QED) is 0.390. The van der Waals surface area contributed by atoms with Crippen LogP contribution in [0.1, 0.15) is 33.5 Å². The van der Waals surface area contributed by atoms with Crippen LogP contribution in [0.4, 0.5) is 30.8 Å². The highest BCUT2D eigenvalue weighted by molar-refractivity contribution is 5.95. The Balaban J connectivity index is 1.38. The molecule has 1 aliphatic rings. The summed E-state index contributed by atoms with van der Waals surface area (Å²) < 4.78 is 39.8. The van der Waals surface area contributed by atoms with E-state index in [0.29, 0.717) is 23.9 Å². The fraction of sp³-hybridized carbons (Fsp3) is 0.185. The minimum atomic E-state index is -4.49. The summed E-state index contributed by atoms with van der Waals surface area (Å²) in [6, 6.07) is 19.9. The van der Waals surface area contributed by atoms with Gasteiger partial charge < -0.3 is 16.0 Å². The van der Waals surface area contributed by atoms with Gasteiger partial charge in [0, 0.05) is 29.9 Å². The van der Waals surface area contributed by atoms with E-state index in [1.807, 2.05) is 35.2 Å². The summed E-state index contributed by atoms with van der Waals surface area (Å²) in [5.74, 6) is 0.525. The average molecular weight is 505 g/mol. The summed E-state index contributed by atoms with van der Waals surface area (Å²) in [6.45, 7) is 0.425. The topological polar surface area (TPSA) is 97.0 Å². The van der Waals surface area contributed by atoms with Crippen molar-refractivity contribution in [2.45, 2.75) is 25.6 Å². The molecular weight excluding hydrogens is 481 g/mol. The lowest BCUT2D eigenvalue weighted by atomic mass is 9.99. The van der Waals surface area contributed by atoms with Gasteiger partial charge in [0.2, 0.25) is 11.9 Å². The first-order chi connectivity index (χ1) is 17.8. The highest BCUT2D eigenvalue weighted by atomic mass is 19.4. The lowest BCUT2D eigenvalue weighted by Crippen LogP contribution is -2.28. The van der Waals surface area contributed by atoms with Crippen molar-refractivity contribution in [2.24, 2.45) is 0 Å². The Hall–Kier alpha value is -4.47. The number of carbonyl (C=O) groups is 1. The number of hydrogen-bond donors (Lipinski definition) is 2. The normalized spacial score (nSPS) is 13.2. The maximum absolute atomic E-state index is 13.3. The van der Waals surface area contributed by atoms with Crippen molar-refractivity contribution in [2.75, 3.05) is 17.2 Å². The van der Waals surface area contributed by atoms with E-state index in [1.165, 1.54) is 18.2 Å². The van der Waals surface area contributed by atoms with Crippen LogP contribution in [0.5, 0.6) is 0 Å². The number of halogens is 3. The number of nitrogens with two attached hydrogens (primary N) is 1. The summed E-state index contributed by atoms with van der Waals surface area (Å²) in [6.07, 6.45) is -2.96. The first kappa shape index (κ1) is 24.2. The predicted octanol–water partition coefficient (Wildman–Crippen LogP) is 5.15. The lowest BCUT2D eigenvalue weighted by Gasteiger charge is -2.30.